The highest BCUT2D eigenvalue weighted by Crippen LogP contribution is 2.24. The first kappa shape index (κ1) is 12.1. The summed E-state index contributed by atoms with van der Waals surface area (Å²) in [4.78, 5) is 3.99. The Balaban J connectivity index is 2.31. The number of aromatic nitrogens is 1. The average molecular weight is 241 g/mol. The number of pyridine rings is 1. The van der Waals surface area contributed by atoms with E-state index in [1.165, 1.54) is 5.56 Å². The van der Waals surface area contributed by atoms with Gasteiger partial charge in [-0.05, 0) is 30.2 Å². The molecule has 0 spiro atoms. The number of nitrogen functional groups attached to an aromatic ring is 1. The van der Waals surface area contributed by atoms with Crippen LogP contribution >= 0.6 is 0 Å². The normalized spacial score (nSPS) is 10.1. The molecule has 2 aromatic rings. The van der Waals surface area contributed by atoms with Gasteiger partial charge in [0.25, 0.3) is 0 Å². The van der Waals surface area contributed by atoms with Crippen molar-refractivity contribution < 1.29 is 4.74 Å². The van der Waals surface area contributed by atoms with Crippen LogP contribution in [0.4, 0.5) is 0 Å². The summed E-state index contributed by atoms with van der Waals surface area (Å²) in [6, 6.07) is 9.49. The molecule has 0 aliphatic rings. The van der Waals surface area contributed by atoms with Crippen LogP contribution in [0.3, 0.4) is 0 Å². The van der Waals surface area contributed by atoms with Crippen molar-refractivity contribution in [2.45, 2.75) is 13.3 Å². The van der Waals surface area contributed by atoms with Gasteiger partial charge in [0.1, 0.15) is 11.6 Å². The fourth-order valence-electron chi connectivity index (χ4n) is 1.64. The van der Waals surface area contributed by atoms with E-state index in [-0.39, 0.29) is 5.84 Å². The lowest BCUT2D eigenvalue weighted by molar-refractivity contribution is 0.478. The fourth-order valence-corrected chi connectivity index (χ4v) is 1.64. The number of amidine groups is 1. The topological polar surface area (TPSA) is 72.0 Å². The molecule has 0 unspecified atom stereocenters. The van der Waals surface area contributed by atoms with E-state index in [1.54, 1.807) is 18.5 Å². The lowest BCUT2D eigenvalue weighted by Crippen LogP contribution is -2.12. The van der Waals surface area contributed by atoms with Gasteiger partial charge in [0, 0.05) is 6.20 Å². The van der Waals surface area contributed by atoms with Crippen LogP contribution < -0.4 is 10.5 Å². The number of ether oxygens (including phenoxy) is 1. The van der Waals surface area contributed by atoms with Gasteiger partial charge in [-0.3, -0.25) is 10.4 Å². The molecule has 0 saturated carbocycles. The van der Waals surface area contributed by atoms with Crippen molar-refractivity contribution in [1.82, 2.24) is 4.98 Å². The average Bonchev–Trinajstić information content (AvgIpc) is 2.39. The zero-order valence-electron chi connectivity index (χ0n) is 10.2. The standard InChI is InChI=1S/C14H15N3O/c1-2-10-4-3-5-11(8-10)18-13-9-17-7-6-12(13)14(15)16/h3-9H,2H2,1H3,(H3,15,16). The van der Waals surface area contributed by atoms with Crippen LogP contribution in [-0.2, 0) is 6.42 Å². The quantitative estimate of drug-likeness (QED) is 0.638. The molecule has 0 atom stereocenters. The number of hydrogen-bond donors (Lipinski definition) is 2. The molecule has 0 radical (unpaired) electrons. The number of hydrogen-bond acceptors (Lipinski definition) is 3. The summed E-state index contributed by atoms with van der Waals surface area (Å²) in [5.74, 6) is 1.20. The highest BCUT2D eigenvalue weighted by Gasteiger charge is 2.07. The Bertz CT molecular complexity index is 566. The Kier molecular flexibility index (Phi) is 3.57. The van der Waals surface area contributed by atoms with E-state index >= 15 is 0 Å². The van der Waals surface area contributed by atoms with E-state index in [4.69, 9.17) is 15.9 Å². The number of benzene rings is 1. The highest BCUT2D eigenvalue weighted by molar-refractivity contribution is 5.97. The van der Waals surface area contributed by atoms with Crippen molar-refractivity contribution in [3.05, 3.63) is 53.9 Å². The number of aryl methyl sites for hydroxylation is 1. The van der Waals surface area contributed by atoms with Crippen LogP contribution in [0.15, 0.2) is 42.7 Å². The molecule has 1 aromatic carbocycles. The summed E-state index contributed by atoms with van der Waals surface area (Å²) in [5, 5.41) is 7.49. The Labute approximate surface area is 106 Å². The largest absolute Gasteiger partial charge is 0.455 e. The Morgan fingerprint density at radius 1 is 1.39 bits per heavy atom. The minimum Gasteiger partial charge on any atom is -0.455 e. The summed E-state index contributed by atoms with van der Waals surface area (Å²) >= 11 is 0. The smallest absolute Gasteiger partial charge is 0.156 e. The van der Waals surface area contributed by atoms with E-state index in [0.29, 0.717) is 11.3 Å². The van der Waals surface area contributed by atoms with Gasteiger partial charge in [0.2, 0.25) is 0 Å². The van der Waals surface area contributed by atoms with Crippen LogP contribution in [0.5, 0.6) is 11.5 Å². The number of nitrogens with two attached hydrogens (primary N) is 1. The lowest BCUT2D eigenvalue weighted by Gasteiger charge is -2.10. The third-order valence-corrected chi connectivity index (χ3v) is 2.61. The molecule has 1 aromatic heterocycles. The second-order valence-electron chi connectivity index (χ2n) is 3.89. The van der Waals surface area contributed by atoms with Gasteiger partial charge < -0.3 is 10.5 Å². The third-order valence-electron chi connectivity index (χ3n) is 2.61. The lowest BCUT2D eigenvalue weighted by atomic mass is 10.1. The van der Waals surface area contributed by atoms with Crippen LogP contribution in [-0.4, -0.2) is 10.8 Å². The van der Waals surface area contributed by atoms with Crippen molar-refractivity contribution in [2.75, 3.05) is 0 Å². The predicted octanol–water partition coefficient (Wildman–Crippen LogP) is 2.72. The van der Waals surface area contributed by atoms with Crippen molar-refractivity contribution in [3.8, 4) is 11.5 Å². The predicted molar refractivity (Wildman–Crippen MR) is 71.1 cm³/mol. The maximum absolute atomic E-state index is 7.49. The number of nitrogens with one attached hydrogen (secondary N) is 1. The Morgan fingerprint density at radius 2 is 2.22 bits per heavy atom. The molecule has 92 valence electrons. The molecule has 0 saturated heterocycles. The molecule has 0 fully saturated rings. The maximum Gasteiger partial charge on any atom is 0.156 e. The zero-order chi connectivity index (χ0) is 13.0. The minimum atomic E-state index is -0.0287. The van der Waals surface area contributed by atoms with Crippen LogP contribution in [0.2, 0.25) is 0 Å². The molecule has 1 heterocycles. The van der Waals surface area contributed by atoms with E-state index in [9.17, 15) is 0 Å². The molecule has 3 N–H and O–H groups in total. The number of nitrogens with zero attached hydrogens (tertiary/aromatic N) is 1. The first-order chi connectivity index (χ1) is 8.70. The van der Waals surface area contributed by atoms with Gasteiger partial charge in [-0.15, -0.1) is 0 Å². The zero-order valence-corrected chi connectivity index (χ0v) is 10.2. The molecule has 18 heavy (non-hydrogen) atoms. The maximum atomic E-state index is 7.49. The van der Waals surface area contributed by atoms with Crippen LogP contribution in [0.1, 0.15) is 18.1 Å². The molecule has 2 rings (SSSR count). The van der Waals surface area contributed by atoms with Gasteiger partial charge in [0.05, 0.1) is 11.8 Å². The first-order valence-corrected chi connectivity index (χ1v) is 5.76. The fraction of sp³-hybridized carbons (Fsp3) is 0.143. The minimum absolute atomic E-state index is 0.0287. The van der Waals surface area contributed by atoms with Gasteiger partial charge in [-0.2, -0.15) is 0 Å². The third kappa shape index (κ3) is 2.66. The summed E-state index contributed by atoms with van der Waals surface area (Å²) in [6.45, 7) is 2.09. The van der Waals surface area contributed by atoms with Crippen molar-refractivity contribution >= 4 is 5.84 Å². The molecule has 4 heteroatoms. The van der Waals surface area contributed by atoms with E-state index in [2.05, 4.69) is 11.9 Å². The van der Waals surface area contributed by atoms with Gasteiger partial charge in [0.15, 0.2) is 5.75 Å². The van der Waals surface area contributed by atoms with Gasteiger partial charge in [-0.1, -0.05) is 19.1 Å². The monoisotopic (exact) mass is 241 g/mol. The van der Waals surface area contributed by atoms with Gasteiger partial charge >= 0.3 is 0 Å². The molecule has 0 aliphatic heterocycles. The van der Waals surface area contributed by atoms with Crippen LogP contribution in [0.25, 0.3) is 0 Å². The van der Waals surface area contributed by atoms with Crippen LogP contribution in [0, 0.1) is 5.41 Å². The molecular formula is C14H15N3O. The second kappa shape index (κ2) is 5.31. The van der Waals surface area contributed by atoms with E-state index < -0.39 is 0 Å². The van der Waals surface area contributed by atoms with Crippen molar-refractivity contribution in [2.24, 2.45) is 5.73 Å². The highest BCUT2D eigenvalue weighted by atomic mass is 16.5. The molecular weight excluding hydrogens is 226 g/mol. The Morgan fingerprint density at radius 3 is 2.94 bits per heavy atom. The second-order valence-corrected chi connectivity index (χ2v) is 3.89. The van der Waals surface area contributed by atoms with E-state index in [1.807, 2.05) is 24.3 Å². The van der Waals surface area contributed by atoms with E-state index in [0.717, 1.165) is 12.2 Å². The van der Waals surface area contributed by atoms with Crippen molar-refractivity contribution in [1.29, 1.82) is 5.41 Å². The molecule has 0 amide bonds. The summed E-state index contributed by atoms with van der Waals surface area (Å²) in [7, 11) is 0. The number of rotatable bonds is 4. The van der Waals surface area contributed by atoms with Crippen molar-refractivity contribution in [3.63, 3.8) is 0 Å². The summed E-state index contributed by atoms with van der Waals surface area (Å²) in [6.07, 6.45) is 4.10. The molecule has 0 bridgehead atoms. The molecule has 0 aliphatic carbocycles. The Hall–Kier alpha value is -2.36. The molecule has 4 nitrogen and oxygen atoms in total. The van der Waals surface area contributed by atoms with Gasteiger partial charge in [-0.25, -0.2) is 0 Å². The first-order valence-electron chi connectivity index (χ1n) is 5.76. The summed E-state index contributed by atoms with van der Waals surface area (Å²) in [5.41, 5.74) is 7.24. The SMILES string of the molecule is CCc1cccc(Oc2cnccc2C(=N)N)c1. The summed E-state index contributed by atoms with van der Waals surface area (Å²) < 4.78 is 5.73.